The van der Waals surface area contributed by atoms with Crippen LogP contribution in [0.25, 0.3) is 6.08 Å². The third kappa shape index (κ3) is 6.18. The number of para-hydroxylation sites is 1. The van der Waals surface area contributed by atoms with E-state index in [1.807, 2.05) is 68.4 Å². The van der Waals surface area contributed by atoms with Crippen molar-refractivity contribution in [2.75, 3.05) is 5.32 Å². The largest absolute Gasteiger partial charge is 0.487 e. The average Bonchev–Trinajstić information content (AvgIpc) is 2.74. The molecule has 0 unspecified atom stereocenters. The van der Waals surface area contributed by atoms with Gasteiger partial charge in [0.15, 0.2) is 0 Å². The van der Waals surface area contributed by atoms with E-state index in [-0.39, 0.29) is 5.57 Å². The van der Waals surface area contributed by atoms with E-state index in [2.05, 4.69) is 56.0 Å². The highest BCUT2D eigenvalue weighted by Gasteiger charge is 2.13. The smallest absolute Gasteiger partial charge is 0.266 e. The standard InChI is InChI=1S/C25H20BrIN2O2/c1-16-7-9-18(10-8-16)15-31-24-21(26)12-19(13-22(24)27)11-20(14-28)25(30)29-23-6-4-3-5-17(23)2/h3-13H,15H2,1-2H3,(H,29,30)/b20-11-. The molecular formula is C25H20BrIN2O2. The summed E-state index contributed by atoms with van der Waals surface area (Å²) in [6.45, 7) is 4.40. The summed E-state index contributed by atoms with van der Waals surface area (Å²) in [5.74, 6) is 0.281. The molecular weight excluding hydrogens is 567 g/mol. The number of anilines is 1. The first-order valence-electron chi connectivity index (χ1n) is 9.53. The molecule has 0 aliphatic carbocycles. The van der Waals surface area contributed by atoms with Crippen molar-refractivity contribution >= 4 is 56.2 Å². The highest BCUT2D eigenvalue weighted by atomic mass is 127. The van der Waals surface area contributed by atoms with Gasteiger partial charge in [-0.2, -0.15) is 5.26 Å². The Hall–Kier alpha value is -2.63. The van der Waals surface area contributed by atoms with Gasteiger partial charge in [-0.05, 0) is 93.3 Å². The first kappa shape index (κ1) is 23.0. The Morgan fingerprint density at radius 2 is 1.87 bits per heavy atom. The molecule has 0 bridgehead atoms. The van der Waals surface area contributed by atoms with Crippen LogP contribution in [0.2, 0.25) is 0 Å². The van der Waals surface area contributed by atoms with Gasteiger partial charge in [0, 0.05) is 5.69 Å². The molecule has 1 N–H and O–H groups in total. The van der Waals surface area contributed by atoms with E-state index in [0.717, 1.165) is 30.5 Å². The summed E-state index contributed by atoms with van der Waals surface area (Å²) < 4.78 is 7.64. The third-order valence-corrected chi connectivity index (χ3v) is 5.98. The lowest BCUT2D eigenvalue weighted by Crippen LogP contribution is -2.14. The lowest BCUT2D eigenvalue weighted by atomic mass is 10.1. The maximum atomic E-state index is 12.6. The normalized spacial score (nSPS) is 11.0. The van der Waals surface area contributed by atoms with Crippen LogP contribution in [0.15, 0.2) is 70.7 Å². The highest BCUT2D eigenvalue weighted by molar-refractivity contribution is 14.1. The minimum absolute atomic E-state index is 0.0271. The van der Waals surface area contributed by atoms with Gasteiger partial charge in [0.25, 0.3) is 5.91 Å². The Bertz CT molecular complexity index is 1160. The molecule has 156 valence electrons. The first-order valence-corrected chi connectivity index (χ1v) is 11.4. The quantitative estimate of drug-likeness (QED) is 0.196. The van der Waals surface area contributed by atoms with Crippen molar-refractivity contribution in [2.45, 2.75) is 20.5 Å². The zero-order valence-corrected chi connectivity index (χ0v) is 20.8. The summed E-state index contributed by atoms with van der Waals surface area (Å²) in [5, 5.41) is 12.3. The van der Waals surface area contributed by atoms with Crippen molar-refractivity contribution in [3.8, 4) is 11.8 Å². The van der Waals surface area contributed by atoms with Gasteiger partial charge in [-0.15, -0.1) is 0 Å². The predicted molar refractivity (Wildman–Crippen MR) is 136 cm³/mol. The van der Waals surface area contributed by atoms with Crippen molar-refractivity contribution in [3.63, 3.8) is 0 Å². The number of halogens is 2. The maximum Gasteiger partial charge on any atom is 0.266 e. The molecule has 0 atom stereocenters. The number of aryl methyl sites for hydroxylation is 2. The Morgan fingerprint density at radius 3 is 2.52 bits per heavy atom. The van der Waals surface area contributed by atoms with Crippen LogP contribution >= 0.6 is 38.5 Å². The first-order chi connectivity index (χ1) is 14.9. The summed E-state index contributed by atoms with van der Waals surface area (Å²) in [6.07, 6.45) is 1.57. The number of benzene rings is 3. The SMILES string of the molecule is Cc1ccc(COc2c(Br)cc(/C=C(/C#N)C(=O)Nc3ccccc3C)cc2I)cc1. The van der Waals surface area contributed by atoms with Gasteiger partial charge in [0.1, 0.15) is 24.0 Å². The summed E-state index contributed by atoms with van der Waals surface area (Å²) in [7, 11) is 0. The van der Waals surface area contributed by atoms with Gasteiger partial charge in [0.05, 0.1) is 8.04 Å². The minimum Gasteiger partial charge on any atom is -0.487 e. The molecule has 0 saturated heterocycles. The zero-order valence-electron chi connectivity index (χ0n) is 17.1. The molecule has 6 heteroatoms. The molecule has 3 rings (SSSR count). The topological polar surface area (TPSA) is 62.1 Å². The number of carbonyl (C=O) groups excluding carboxylic acids is 1. The molecule has 3 aromatic carbocycles. The number of nitriles is 1. The second-order valence-corrected chi connectivity index (χ2v) is 9.04. The lowest BCUT2D eigenvalue weighted by Gasteiger charge is -2.12. The van der Waals surface area contributed by atoms with Gasteiger partial charge in [0.2, 0.25) is 0 Å². The van der Waals surface area contributed by atoms with Gasteiger partial charge in [-0.1, -0.05) is 48.0 Å². The maximum absolute atomic E-state index is 12.6. The van der Waals surface area contributed by atoms with E-state index in [1.54, 1.807) is 6.08 Å². The van der Waals surface area contributed by atoms with Crippen LogP contribution in [0.3, 0.4) is 0 Å². The number of nitrogens with one attached hydrogen (secondary N) is 1. The molecule has 4 nitrogen and oxygen atoms in total. The molecule has 0 radical (unpaired) electrons. The highest BCUT2D eigenvalue weighted by Crippen LogP contribution is 2.33. The van der Waals surface area contributed by atoms with Crippen LogP contribution in [0, 0.1) is 28.7 Å². The molecule has 0 aromatic heterocycles. The van der Waals surface area contributed by atoms with E-state index in [1.165, 1.54) is 5.56 Å². The molecule has 0 saturated carbocycles. The van der Waals surface area contributed by atoms with Crippen LogP contribution < -0.4 is 10.1 Å². The lowest BCUT2D eigenvalue weighted by molar-refractivity contribution is -0.112. The fourth-order valence-electron chi connectivity index (χ4n) is 2.86. The van der Waals surface area contributed by atoms with Crippen molar-refractivity contribution in [1.29, 1.82) is 5.26 Å². The zero-order chi connectivity index (χ0) is 22.4. The molecule has 0 aliphatic rings. The Kier molecular flexibility index (Phi) is 7.88. The van der Waals surface area contributed by atoms with Crippen molar-refractivity contribution in [3.05, 3.63) is 96.5 Å². The number of hydrogen-bond acceptors (Lipinski definition) is 3. The second-order valence-electron chi connectivity index (χ2n) is 7.03. The van der Waals surface area contributed by atoms with Crippen LogP contribution in [0.5, 0.6) is 5.75 Å². The van der Waals surface area contributed by atoms with E-state index in [4.69, 9.17) is 4.74 Å². The van der Waals surface area contributed by atoms with Gasteiger partial charge in [-0.3, -0.25) is 4.79 Å². The number of carbonyl (C=O) groups is 1. The fraction of sp³-hybridized carbons (Fsp3) is 0.120. The van der Waals surface area contributed by atoms with Crippen molar-refractivity contribution in [2.24, 2.45) is 0 Å². The molecule has 1 amide bonds. The number of amides is 1. The van der Waals surface area contributed by atoms with Crippen LogP contribution in [-0.4, -0.2) is 5.91 Å². The monoisotopic (exact) mass is 586 g/mol. The van der Waals surface area contributed by atoms with Gasteiger partial charge in [-0.25, -0.2) is 0 Å². The van der Waals surface area contributed by atoms with Crippen LogP contribution in [0.1, 0.15) is 22.3 Å². The average molecular weight is 587 g/mol. The molecule has 3 aromatic rings. The number of hydrogen-bond donors (Lipinski definition) is 1. The molecule has 0 heterocycles. The van der Waals surface area contributed by atoms with Crippen LogP contribution in [0.4, 0.5) is 5.69 Å². The van der Waals surface area contributed by atoms with E-state index in [9.17, 15) is 10.1 Å². The number of ether oxygens (including phenoxy) is 1. The van der Waals surface area contributed by atoms with E-state index in [0.29, 0.717) is 12.3 Å². The van der Waals surface area contributed by atoms with E-state index >= 15 is 0 Å². The Morgan fingerprint density at radius 1 is 1.16 bits per heavy atom. The Balaban J connectivity index is 1.78. The second kappa shape index (κ2) is 10.6. The number of nitrogens with zero attached hydrogens (tertiary/aromatic N) is 1. The van der Waals surface area contributed by atoms with Crippen LogP contribution in [-0.2, 0) is 11.4 Å². The van der Waals surface area contributed by atoms with E-state index < -0.39 is 5.91 Å². The number of rotatable bonds is 6. The molecule has 0 fully saturated rings. The predicted octanol–water partition coefficient (Wildman–Crippen LogP) is 6.80. The molecule has 0 aliphatic heterocycles. The van der Waals surface area contributed by atoms with Gasteiger partial charge >= 0.3 is 0 Å². The van der Waals surface area contributed by atoms with Crippen molar-refractivity contribution in [1.82, 2.24) is 0 Å². The Labute approximate surface area is 204 Å². The summed E-state index contributed by atoms with van der Waals surface area (Å²) in [4.78, 5) is 12.6. The fourth-order valence-corrected chi connectivity index (χ4v) is 4.63. The summed E-state index contributed by atoms with van der Waals surface area (Å²) in [5.41, 5.74) is 4.66. The summed E-state index contributed by atoms with van der Waals surface area (Å²) >= 11 is 5.74. The molecule has 31 heavy (non-hydrogen) atoms. The minimum atomic E-state index is -0.442. The van der Waals surface area contributed by atoms with Crippen molar-refractivity contribution < 1.29 is 9.53 Å². The van der Waals surface area contributed by atoms with Gasteiger partial charge < -0.3 is 10.1 Å². The summed E-state index contributed by atoms with van der Waals surface area (Å²) in [6, 6.07) is 21.4. The third-order valence-electron chi connectivity index (χ3n) is 4.59. The molecule has 0 spiro atoms.